The normalized spacial score (nSPS) is 16.0. The lowest BCUT2D eigenvalue weighted by Gasteiger charge is -2.17. The zero-order valence-corrected chi connectivity index (χ0v) is 10.6. The van der Waals surface area contributed by atoms with Crippen LogP contribution in [0.15, 0.2) is 6.33 Å². The second-order valence-corrected chi connectivity index (χ2v) is 6.30. The minimum absolute atomic E-state index is 0.419. The predicted molar refractivity (Wildman–Crippen MR) is 61.7 cm³/mol. The molecule has 0 radical (unpaired) electrons. The standard InChI is InChI=1S/C9H18N4O2S/c1-4-13-9(11-6-12-13)5-8(10)7(2)16(3,14)15/h6-8H,4-5,10H2,1-3H3. The maximum absolute atomic E-state index is 11.3. The van der Waals surface area contributed by atoms with E-state index in [1.165, 1.54) is 12.6 Å². The van der Waals surface area contributed by atoms with E-state index in [1.807, 2.05) is 6.92 Å². The van der Waals surface area contributed by atoms with E-state index in [2.05, 4.69) is 10.1 Å². The molecule has 1 aromatic heterocycles. The minimum atomic E-state index is -3.11. The summed E-state index contributed by atoms with van der Waals surface area (Å²) in [5, 5.41) is 3.44. The Morgan fingerprint density at radius 1 is 1.56 bits per heavy atom. The molecule has 1 rings (SSSR count). The van der Waals surface area contributed by atoms with Gasteiger partial charge in [-0.25, -0.2) is 13.4 Å². The van der Waals surface area contributed by atoms with E-state index in [9.17, 15) is 8.42 Å². The van der Waals surface area contributed by atoms with Crippen molar-refractivity contribution < 1.29 is 8.42 Å². The Kier molecular flexibility index (Phi) is 4.03. The number of hydrogen-bond acceptors (Lipinski definition) is 5. The maximum atomic E-state index is 11.3. The lowest BCUT2D eigenvalue weighted by molar-refractivity contribution is 0.537. The van der Waals surface area contributed by atoms with E-state index in [0.29, 0.717) is 13.0 Å². The van der Waals surface area contributed by atoms with Crippen molar-refractivity contribution in [2.45, 2.75) is 38.1 Å². The second kappa shape index (κ2) is 4.92. The lowest BCUT2D eigenvalue weighted by atomic mass is 10.1. The van der Waals surface area contributed by atoms with E-state index in [4.69, 9.17) is 5.73 Å². The van der Waals surface area contributed by atoms with Crippen molar-refractivity contribution in [3.8, 4) is 0 Å². The molecule has 0 fully saturated rings. The van der Waals surface area contributed by atoms with E-state index >= 15 is 0 Å². The molecule has 7 heteroatoms. The molecule has 0 aliphatic carbocycles. The van der Waals surface area contributed by atoms with E-state index in [1.54, 1.807) is 11.6 Å². The molecule has 16 heavy (non-hydrogen) atoms. The number of sulfone groups is 1. The first-order valence-corrected chi connectivity index (χ1v) is 7.12. The van der Waals surface area contributed by atoms with Crippen molar-refractivity contribution in [3.05, 3.63) is 12.2 Å². The van der Waals surface area contributed by atoms with Crippen LogP contribution in [0, 0.1) is 0 Å². The first kappa shape index (κ1) is 13.1. The van der Waals surface area contributed by atoms with Gasteiger partial charge in [-0.15, -0.1) is 0 Å². The summed E-state index contributed by atoms with van der Waals surface area (Å²) < 4.78 is 24.4. The third-order valence-corrected chi connectivity index (χ3v) is 4.39. The summed E-state index contributed by atoms with van der Waals surface area (Å²) in [5.41, 5.74) is 5.86. The van der Waals surface area contributed by atoms with Gasteiger partial charge >= 0.3 is 0 Å². The Bertz CT molecular complexity index is 440. The fourth-order valence-corrected chi connectivity index (χ4v) is 2.14. The molecule has 2 N–H and O–H groups in total. The lowest BCUT2D eigenvalue weighted by Crippen LogP contribution is -2.40. The molecule has 0 bridgehead atoms. The monoisotopic (exact) mass is 246 g/mol. The van der Waals surface area contributed by atoms with Gasteiger partial charge in [0.1, 0.15) is 12.2 Å². The molecule has 0 aliphatic rings. The summed E-state index contributed by atoms with van der Waals surface area (Å²) in [6.45, 7) is 4.27. The third-order valence-electron chi connectivity index (χ3n) is 2.69. The largest absolute Gasteiger partial charge is 0.326 e. The van der Waals surface area contributed by atoms with Crippen LogP contribution in [-0.2, 0) is 22.8 Å². The molecule has 1 aromatic rings. The molecule has 0 saturated carbocycles. The highest BCUT2D eigenvalue weighted by atomic mass is 32.2. The van der Waals surface area contributed by atoms with Gasteiger partial charge < -0.3 is 5.73 Å². The summed E-state index contributed by atoms with van der Waals surface area (Å²) >= 11 is 0. The fourth-order valence-electron chi connectivity index (χ4n) is 1.40. The Morgan fingerprint density at radius 3 is 2.69 bits per heavy atom. The van der Waals surface area contributed by atoms with Gasteiger partial charge in [0.15, 0.2) is 9.84 Å². The molecule has 0 spiro atoms. The summed E-state index contributed by atoms with van der Waals surface area (Å²) in [4.78, 5) is 4.07. The molecule has 0 amide bonds. The number of nitrogens with two attached hydrogens (primary N) is 1. The van der Waals surface area contributed by atoms with Gasteiger partial charge in [-0.3, -0.25) is 4.68 Å². The highest BCUT2D eigenvalue weighted by Gasteiger charge is 2.24. The van der Waals surface area contributed by atoms with Crippen LogP contribution in [-0.4, -0.2) is 40.7 Å². The number of hydrogen-bond donors (Lipinski definition) is 1. The average Bonchev–Trinajstić information content (AvgIpc) is 2.62. The highest BCUT2D eigenvalue weighted by molar-refractivity contribution is 7.91. The second-order valence-electron chi connectivity index (χ2n) is 3.89. The fraction of sp³-hybridized carbons (Fsp3) is 0.778. The first-order chi connectivity index (χ1) is 7.36. The quantitative estimate of drug-likeness (QED) is 0.763. The topological polar surface area (TPSA) is 90.9 Å². The molecule has 6 nitrogen and oxygen atoms in total. The van der Waals surface area contributed by atoms with Crippen molar-refractivity contribution in [2.75, 3.05) is 6.26 Å². The van der Waals surface area contributed by atoms with Crippen LogP contribution in [0.2, 0.25) is 0 Å². The zero-order valence-electron chi connectivity index (χ0n) is 9.79. The van der Waals surface area contributed by atoms with Crippen LogP contribution >= 0.6 is 0 Å². The van der Waals surface area contributed by atoms with Crippen LogP contribution in [0.25, 0.3) is 0 Å². The average molecular weight is 246 g/mol. The highest BCUT2D eigenvalue weighted by Crippen LogP contribution is 2.07. The van der Waals surface area contributed by atoms with Gasteiger partial charge in [-0.05, 0) is 13.8 Å². The predicted octanol–water partition coefficient (Wildman–Crippen LogP) is -0.399. The minimum Gasteiger partial charge on any atom is -0.326 e. The molecule has 2 unspecified atom stereocenters. The molecule has 0 saturated heterocycles. The molecule has 2 atom stereocenters. The molecule has 92 valence electrons. The smallest absolute Gasteiger partial charge is 0.151 e. The number of aryl methyl sites for hydroxylation is 1. The molecule has 1 heterocycles. The Morgan fingerprint density at radius 2 is 2.19 bits per heavy atom. The Labute approximate surface area is 95.8 Å². The van der Waals surface area contributed by atoms with Gasteiger partial charge in [0.2, 0.25) is 0 Å². The maximum Gasteiger partial charge on any atom is 0.151 e. The van der Waals surface area contributed by atoms with Crippen molar-refractivity contribution in [1.29, 1.82) is 0 Å². The summed E-state index contributed by atoms with van der Waals surface area (Å²) in [6.07, 6.45) is 3.07. The number of nitrogens with zero attached hydrogens (tertiary/aromatic N) is 3. The number of rotatable bonds is 5. The Hall–Kier alpha value is -0.950. The summed E-state index contributed by atoms with van der Waals surface area (Å²) in [6, 6.07) is -0.454. The molecule has 0 aromatic carbocycles. The van der Waals surface area contributed by atoms with Crippen LogP contribution in [0.4, 0.5) is 0 Å². The van der Waals surface area contributed by atoms with Crippen molar-refractivity contribution in [1.82, 2.24) is 14.8 Å². The van der Waals surface area contributed by atoms with E-state index < -0.39 is 21.1 Å². The van der Waals surface area contributed by atoms with Crippen LogP contribution in [0.1, 0.15) is 19.7 Å². The third kappa shape index (κ3) is 3.02. The Balaban J connectivity index is 2.75. The molecular weight excluding hydrogens is 228 g/mol. The van der Waals surface area contributed by atoms with Crippen molar-refractivity contribution >= 4 is 9.84 Å². The van der Waals surface area contributed by atoms with Crippen LogP contribution in [0.5, 0.6) is 0 Å². The number of aromatic nitrogens is 3. The van der Waals surface area contributed by atoms with E-state index in [-0.39, 0.29) is 0 Å². The van der Waals surface area contributed by atoms with Gasteiger partial charge in [0.25, 0.3) is 0 Å². The van der Waals surface area contributed by atoms with Gasteiger partial charge in [-0.2, -0.15) is 5.10 Å². The van der Waals surface area contributed by atoms with Crippen molar-refractivity contribution in [2.24, 2.45) is 5.73 Å². The van der Waals surface area contributed by atoms with Crippen LogP contribution in [0.3, 0.4) is 0 Å². The van der Waals surface area contributed by atoms with Gasteiger partial charge in [-0.1, -0.05) is 0 Å². The summed E-state index contributed by atoms with van der Waals surface area (Å²) in [5.74, 6) is 0.727. The first-order valence-electron chi connectivity index (χ1n) is 5.17. The molecular formula is C9H18N4O2S. The zero-order chi connectivity index (χ0) is 12.3. The SMILES string of the molecule is CCn1ncnc1CC(N)C(C)S(C)(=O)=O. The summed E-state index contributed by atoms with van der Waals surface area (Å²) in [7, 11) is -3.11. The van der Waals surface area contributed by atoms with E-state index in [0.717, 1.165) is 5.82 Å². The van der Waals surface area contributed by atoms with Gasteiger partial charge in [0, 0.05) is 25.3 Å². The van der Waals surface area contributed by atoms with Crippen molar-refractivity contribution in [3.63, 3.8) is 0 Å². The van der Waals surface area contributed by atoms with Crippen LogP contribution < -0.4 is 5.73 Å². The van der Waals surface area contributed by atoms with Gasteiger partial charge in [0.05, 0.1) is 5.25 Å². The molecule has 0 aliphatic heterocycles.